The first-order valence-electron chi connectivity index (χ1n) is 5.65. The van der Waals surface area contributed by atoms with E-state index in [1.165, 1.54) is 12.1 Å². The molecule has 0 spiro atoms. The van der Waals surface area contributed by atoms with Crippen LogP contribution in [0.25, 0.3) is 11.3 Å². The van der Waals surface area contributed by atoms with E-state index in [9.17, 15) is 9.18 Å². The Morgan fingerprint density at radius 1 is 1.39 bits per heavy atom. The SMILES string of the molecule is O=C(O)c1cc(-c2ccc(C3CC3)c(F)c2)no1. The Morgan fingerprint density at radius 3 is 2.72 bits per heavy atom. The molecule has 2 aromatic rings. The number of benzene rings is 1. The van der Waals surface area contributed by atoms with Crippen LogP contribution in [-0.2, 0) is 0 Å². The summed E-state index contributed by atoms with van der Waals surface area (Å²) in [5.74, 6) is -1.37. The van der Waals surface area contributed by atoms with Gasteiger partial charge < -0.3 is 9.63 Å². The Hall–Kier alpha value is -2.17. The molecular formula is C13H10FNO3. The van der Waals surface area contributed by atoms with Crippen molar-refractivity contribution in [3.63, 3.8) is 0 Å². The van der Waals surface area contributed by atoms with Crippen LogP contribution in [0, 0.1) is 5.82 Å². The zero-order chi connectivity index (χ0) is 12.7. The summed E-state index contributed by atoms with van der Waals surface area (Å²) in [6, 6.07) is 6.13. The predicted octanol–water partition coefficient (Wildman–Crippen LogP) is 3.06. The lowest BCUT2D eigenvalue weighted by molar-refractivity contribution is 0.0652. The average molecular weight is 247 g/mol. The summed E-state index contributed by atoms with van der Waals surface area (Å²) in [5.41, 5.74) is 1.57. The number of carboxylic acids is 1. The maximum absolute atomic E-state index is 13.8. The van der Waals surface area contributed by atoms with Crippen molar-refractivity contribution in [2.75, 3.05) is 0 Å². The van der Waals surface area contributed by atoms with Gasteiger partial charge in [0, 0.05) is 11.6 Å². The molecule has 0 atom stereocenters. The summed E-state index contributed by atoms with van der Waals surface area (Å²) in [6.07, 6.45) is 2.06. The average Bonchev–Trinajstić information content (AvgIpc) is 3.05. The van der Waals surface area contributed by atoms with Gasteiger partial charge in [-0.1, -0.05) is 17.3 Å². The van der Waals surface area contributed by atoms with E-state index in [-0.39, 0.29) is 11.6 Å². The molecule has 1 aromatic carbocycles. The second-order valence-corrected chi connectivity index (χ2v) is 4.39. The number of hydrogen-bond acceptors (Lipinski definition) is 3. The van der Waals surface area contributed by atoms with Crippen LogP contribution < -0.4 is 0 Å². The van der Waals surface area contributed by atoms with Crippen molar-refractivity contribution in [1.29, 1.82) is 0 Å². The minimum atomic E-state index is -1.19. The first kappa shape index (κ1) is 11.0. The molecule has 5 heteroatoms. The van der Waals surface area contributed by atoms with Crippen molar-refractivity contribution >= 4 is 5.97 Å². The normalized spacial score (nSPS) is 14.7. The van der Waals surface area contributed by atoms with Crippen LogP contribution >= 0.6 is 0 Å². The number of hydrogen-bond donors (Lipinski definition) is 1. The highest BCUT2D eigenvalue weighted by Gasteiger charge is 2.26. The number of halogens is 1. The van der Waals surface area contributed by atoms with Crippen LogP contribution in [0.4, 0.5) is 4.39 Å². The van der Waals surface area contributed by atoms with Crippen LogP contribution in [0.15, 0.2) is 28.8 Å². The van der Waals surface area contributed by atoms with Gasteiger partial charge in [-0.05, 0) is 30.4 Å². The number of nitrogens with zero attached hydrogens (tertiary/aromatic N) is 1. The van der Waals surface area contributed by atoms with E-state index in [2.05, 4.69) is 9.68 Å². The van der Waals surface area contributed by atoms with E-state index in [1.54, 1.807) is 12.1 Å². The Bertz CT molecular complexity index is 616. The molecule has 1 aliphatic carbocycles. The quantitative estimate of drug-likeness (QED) is 0.905. The minimum absolute atomic E-state index is 0.253. The number of carboxylic acid groups (broad SMARTS) is 1. The standard InChI is InChI=1S/C13H10FNO3/c14-10-5-8(3-4-9(10)7-1-2-7)11-6-12(13(16)17)18-15-11/h3-7H,1-2H2,(H,16,17). The molecule has 0 saturated heterocycles. The smallest absolute Gasteiger partial charge is 0.374 e. The zero-order valence-corrected chi connectivity index (χ0v) is 9.39. The number of aromatic carboxylic acids is 1. The largest absolute Gasteiger partial charge is 0.475 e. The summed E-state index contributed by atoms with van der Waals surface area (Å²) in [4.78, 5) is 10.7. The molecule has 0 aliphatic heterocycles. The minimum Gasteiger partial charge on any atom is -0.475 e. The number of rotatable bonds is 3. The third-order valence-electron chi connectivity index (χ3n) is 3.03. The van der Waals surface area contributed by atoms with Crippen molar-refractivity contribution in [2.24, 2.45) is 0 Å². The molecule has 1 N–H and O–H groups in total. The van der Waals surface area contributed by atoms with Crippen molar-refractivity contribution in [1.82, 2.24) is 5.16 Å². The van der Waals surface area contributed by atoms with Gasteiger partial charge in [-0.3, -0.25) is 0 Å². The van der Waals surface area contributed by atoms with Crippen molar-refractivity contribution < 1.29 is 18.8 Å². The first-order chi connectivity index (χ1) is 8.65. The summed E-state index contributed by atoms with van der Waals surface area (Å²) < 4.78 is 18.5. The second kappa shape index (κ2) is 3.94. The highest BCUT2D eigenvalue weighted by Crippen LogP contribution is 2.41. The Morgan fingerprint density at radius 2 is 2.17 bits per heavy atom. The molecule has 0 bridgehead atoms. The van der Waals surface area contributed by atoms with Crippen LogP contribution in [0.5, 0.6) is 0 Å². The van der Waals surface area contributed by atoms with Crippen molar-refractivity contribution in [3.8, 4) is 11.3 Å². The molecule has 4 nitrogen and oxygen atoms in total. The topological polar surface area (TPSA) is 63.3 Å². The molecular weight excluding hydrogens is 237 g/mol. The highest BCUT2D eigenvalue weighted by molar-refractivity contribution is 5.85. The van der Waals surface area contributed by atoms with Crippen LogP contribution in [-0.4, -0.2) is 16.2 Å². The first-order valence-corrected chi connectivity index (χ1v) is 5.65. The summed E-state index contributed by atoms with van der Waals surface area (Å²) in [6.45, 7) is 0. The molecule has 92 valence electrons. The molecule has 0 radical (unpaired) electrons. The molecule has 0 unspecified atom stereocenters. The maximum atomic E-state index is 13.8. The van der Waals surface area contributed by atoms with Gasteiger partial charge in [0.1, 0.15) is 11.5 Å². The number of aromatic nitrogens is 1. The monoisotopic (exact) mass is 247 g/mol. The fourth-order valence-electron chi connectivity index (χ4n) is 1.92. The molecule has 1 aromatic heterocycles. The van der Waals surface area contributed by atoms with Gasteiger partial charge in [-0.2, -0.15) is 0 Å². The molecule has 1 fully saturated rings. The Balaban J connectivity index is 1.95. The Kier molecular flexibility index (Phi) is 2.40. The highest BCUT2D eigenvalue weighted by atomic mass is 19.1. The van der Waals surface area contributed by atoms with E-state index >= 15 is 0 Å². The predicted molar refractivity (Wildman–Crippen MR) is 60.8 cm³/mol. The van der Waals surface area contributed by atoms with Crippen molar-refractivity contribution in [3.05, 3.63) is 41.4 Å². The van der Waals surface area contributed by atoms with Gasteiger partial charge in [0.05, 0.1) is 0 Å². The lowest BCUT2D eigenvalue weighted by Crippen LogP contribution is -1.91. The second-order valence-electron chi connectivity index (χ2n) is 4.39. The maximum Gasteiger partial charge on any atom is 0.374 e. The van der Waals surface area contributed by atoms with Crippen LogP contribution in [0.3, 0.4) is 0 Å². The van der Waals surface area contributed by atoms with E-state index in [4.69, 9.17) is 5.11 Å². The molecule has 3 rings (SSSR count). The van der Waals surface area contributed by atoms with Gasteiger partial charge >= 0.3 is 5.97 Å². The fourth-order valence-corrected chi connectivity index (χ4v) is 1.92. The summed E-state index contributed by atoms with van der Waals surface area (Å²) in [5, 5.41) is 12.3. The van der Waals surface area contributed by atoms with Crippen LogP contribution in [0.1, 0.15) is 34.9 Å². The van der Waals surface area contributed by atoms with Gasteiger partial charge in [0.15, 0.2) is 0 Å². The summed E-state index contributed by atoms with van der Waals surface area (Å²) >= 11 is 0. The molecule has 1 heterocycles. The number of carbonyl (C=O) groups is 1. The van der Waals surface area contributed by atoms with Gasteiger partial charge in [0.2, 0.25) is 5.76 Å². The van der Waals surface area contributed by atoms with E-state index in [1.807, 2.05) is 0 Å². The van der Waals surface area contributed by atoms with Crippen LogP contribution in [0.2, 0.25) is 0 Å². The van der Waals surface area contributed by atoms with Crippen molar-refractivity contribution in [2.45, 2.75) is 18.8 Å². The molecule has 1 aliphatic rings. The van der Waals surface area contributed by atoms with Gasteiger partial charge in [-0.15, -0.1) is 0 Å². The van der Waals surface area contributed by atoms with E-state index in [0.717, 1.165) is 18.4 Å². The van der Waals surface area contributed by atoms with E-state index in [0.29, 0.717) is 17.2 Å². The Labute approximate surface area is 102 Å². The third-order valence-corrected chi connectivity index (χ3v) is 3.03. The van der Waals surface area contributed by atoms with E-state index < -0.39 is 5.97 Å². The zero-order valence-electron chi connectivity index (χ0n) is 9.39. The molecule has 0 amide bonds. The fraction of sp³-hybridized carbons (Fsp3) is 0.231. The summed E-state index contributed by atoms with van der Waals surface area (Å²) in [7, 11) is 0. The lowest BCUT2D eigenvalue weighted by atomic mass is 10.1. The lowest BCUT2D eigenvalue weighted by Gasteiger charge is -2.02. The van der Waals surface area contributed by atoms with Gasteiger partial charge in [0.25, 0.3) is 0 Å². The third kappa shape index (κ3) is 1.88. The molecule has 1 saturated carbocycles. The van der Waals surface area contributed by atoms with Gasteiger partial charge in [-0.25, -0.2) is 9.18 Å². The molecule has 18 heavy (non-hydrogen) atoms.